The highest BCUT2D eigenvalue weighted by molar-refractivity contribution is 7.89. The third kappa shape index (κ3) is 5.17. The summed E-state index contributed by atoms with van der Waals surface area (Å²) in [6.45, 7) is 4.65. The first kappa shape index (κ1) is 21.8. The number of hydrogen-bond donors (Lipinski definition) is 0. The monoisotopic (exact) mass is 436 g/mol. The summed E-state index contributed by atoms with van der Waals surface area (Å²) in [6.07, 6.45) is -0.357. The molecule has 3 rings (SSSR count). The van der Waals surface area contributed by atoms with Crippen LogP contribution in [0.1, 0.15) is 29.8 Å². The number of amides is 1. The van der Waals surface area contributed by atoms with Crippen molar-refractivity contribution in [3.05, 3.63) is 64.7 Å². The van der Waals surface area contributed by atoms with E-state index < -0.39 is 10.0 Å². The van der Waals surface area contributed by atoms with Crippen molar-refractivity contribution in [1.82, 2.24) is 9.21 Å². The summed E-state index contributed by atoms with van der Waals surface area (Å²) in [4.78, 5) is 14.5. The van der Waals surface area contributed by atoms with Gasteiger partial charge in [0.15, 0.2) is 0 Å². The molecule has 1 heterocycles. The maximum Gasteiger partial charge on any atom is 0.253 e. The molecule has 0 spiro atoms. The molecule has 6 nitrogen and oxygen atoms in total. The van der Waals surface area contributed by atoms with E-state index in [0.717, 1.165) is 5.56 Å². The van der Waals surface area contributed by atoms with Gasteiger partial charge in [0.1, 0.15) is 0 Å². The van der Waals surface area contributed by atoms with E-state index in [4.69, 9.17) is 16.3 Å². The lowest BCUT2D eigenvalue weighted by Crippen LogP contribution is -2.48. The minimum absolute atomic E-state index is 0.112. The van der Waals surface area contributed by atoms with Crippen molar-refractivity contribution in [2.45, 2.75) is 37.5 Å². The fourth-order valence-electron chi connectivity index (χ4n) is 3.47. The first-order valence-corrected chi connectivity index (χ1v) is 11.2. The van der Waals surface area contributed by atoms with Crippen molar-refractivity contribution in [1.29, 1.82) is 0 Å². The number of nitrogens with zero attached hydrogens (tertiary/aromatic N) is 2. The first-order chi connectivity index (χ1) is 13.7. The van der Waals surface area contributed by atoms with E-state index in [1.165, 1.54) is 21.3 Å². The van der Waals surface area contributed by atoms with Gasteiger partial charge in [0.2, 0.25) is 10.0 Å². The molecule has 0 aromatic heterocycles. The van der Waals surface area contributed by atoms with Crippen LogP contribution < -0.4 is 0 Å². The Morgan fingerprint density at radius 3 is 2.45 bits per heavy atom. The molecular weight excluding hydrogens is 412 g/mol. The van der Waals surface area contributed by atoms with E-state index >= 15 is 0 Å². The van der Waals surface area contributed by atoms with Gasteiger partial charge in [-0.2, -0.15) is 4.31 Å². The summed E-state index contributed by atoms with van der Waals surface area (Å²) in [7, 11) is -2.03. The zero-order chi connectivity index (χ0) is 21.2. The molecule has 0 radical (unpaired) electrons. The van der Waals surface area contributed by atoms with Crippen molar-refractivity contribution < 1.29 is 17.9 Å². The number of halogens is 1. The Balaban J connectivity index is 1.80. The minimum atomic E-state index is -3.71. The van der Waals surface area contributed by atoms with E-state index in [9.17, 15) is 13.2 Å². The van der Waals surface area contributed by atoms with Gasteiger partial charge in [0.05, 0.1) is 17.1 Å². The summed E-state index contributed by atoms with van der Waals surface area (Å²) < 4.78 is 33.2. The highest BCUT2D eigenvalue weighted by Crippen LogP contribution is 2.22. The molecule has 0 aliphatic carbocycles. The average molecular weight is 437 g/mol. The van der Waals surface area contributed by atoms with Crippen molar-refractivity contribution in [3.8, 4) is 0 Å². The Labute approximate surface area is 177 Å². The van der Waals surface area contributed by atoms with Crippen LogP contribution in [-0.4, -0.2) is 55.9 Å². The molecular formula is C21H25ClN2O4S. The molecule has 0 saturated carbocycles. The van der Waals surface area contributed by atoms with Crippen molar-refractivity contribution >= 4 is 27.5 Å². The van der Waals surface area contributed by atoms with E-state index in [1.54, 1.807) is 31.3 Å². The molecule has 8 heteroatoms. The van der Waals surface area contributed by atoms with Crippen molar-refractivity contribution in [2.24, 2.45) is 0 Å². The summed E-state index contributed by atoms with van der Waals surface area (Å²) >= 11 is 6.01. The average Bonchev–Trinajstić information content (AvgIpc) is 2.66. The first-order valence-electron chi connectivity index (χ1n) is 9.42. The predicted octanol–water partition coefficient (Wildman–Crippen LogP) is 3.41. The second kappa shape index (κ2) is 8.83. The molecule has 1 aliphatic rings. The van der Waals surface area contributed by atoms with Crippen LogP contribution in [-0.2, 0) is 21.3 Å². The lowest BCUT2D eigenvalue weighted by Gasteiger charge is -2.34. The van der Waals surface area contributed by atoms with Gasteiger partial charge in [-0.15, -0.1) is 0 Å². The Morgan fingerprint density at radius 2 is 1.79 bits per heavy atom. The Hall–Kier alpha value is -1.93. The van der Waals surface area contributed by atoms with Gasteiger partial charge >= 0.3 is 0 Å². The SMILES string of the molecule is CC1CN(S(=O)(=O)c2cccc(C(=O)N(C)Cc3cccc(Cl)c3)c2)CC(C)O1. The molecule has 156 valence electrons. The molecule has 2 aromatic rings. The van der Waals surface area contributed by atoms with Crippen LogP contribution >= 0.6 is 11.6 Å². The molecule has 2 unspecified atom stereocenters. The van der Waals surface area contributed by atoms with Gasteiger partial charge in [0, 0.05) is 37.3 Å². The number of carbonyl (C=O) groups is 1. The topological polar surface area (TPSA) is 66.9 Å². The van der Waals surface area contributed by atoms with E-state index in [2.05, 4.69) is 0 Å². The second-order valence-corrected chi connectivity index (χ2v) is 9.77. The van der Waals surface area contributed by atoms with E-state index in [-0.39, 0.29) is 23.0 Å². The number of sulfonamides is 1. The van der Waals surface area contributed by atoms with E-state index in [1.807, 2.05) is 26.0 Å². The van der Waals surface area contributed by atoms with Crippen LogP contribution in [0.5, 0.6) is 0 Å². The van der Waals surface area contributed by atoms with Gasteiger partial charge in [0.25, 0.3) is 5.91 Å². The Kier molecular flexibility index (Phi) is 6.63. The minimum Gasteiger partial charge on any atom is -0.373 e. The van der Waals surface area contributed by atoms with Crippen LogP contribution in [0.3, 0.4) is 0 Å². The normalized spacial score (nSPS) is 20.4. The Morgan fingerprint density at radius 1 is 1.14 bits per heavy atom. The van der Waals surface area contributed by atoms with Gasteiger partial charge in [-0.05, 0) is 49.7 Å². The smallest absolute Gasteiger partial charge is 0.253 e. The molecule has 0 bridgehead atoms. The van der Waals surface area contributed by atoms with Crippen molar-refractivity contribution in [3.63, 3.8) is 0 Å². The Bertz CT molecular complexity index is 986. The number of hydrogen-bond acceptors (Lipinski definition) is 4. The lowest BCUT2D eigenvalue weighted by molar-refractivity contribution is -0.0440. The van der Waals surface area contributed by atoms with Crippen LogP contribution in [0.15, 0.2) is 53.4 Å². The van der Waals surface area contributed by atoms with Crippen LogP contribution in [0.4, 0.5) is 0 Å². The summed E-state index contributed by atoms with van der Waals surface area (Å²) in [5.41, 5.74) is 1.22. The number of ether oxygens (including phenoxy) is 1. The molecule has 2 atom stereocenters. The zero-order valence-corrected chi connectivity index (χ0v) is 18.3. The standard InChI is InChI=1S/C21H25ClN2O4S/c1-15-12-24(13-16(2)28-15)29(26,27)20-9-5-7-18(11-20)21(25)23(3)14-17-6-4-8-19(22)10-17/h4-11,15-16H,12-14H2,1-3H3. The molecule has 2 aromatic carbocycles. The molecule has 29 heavy (non-hydrogen) atoms. The highest BCUT2D eigenvalue weighted by Gasteiger charge is 2.32. The fraction of sp³-hybridized carbons (Fsp3) is 0.381. The highest BCUT2D eigenvalue weighted by atomic mass is 35.5. The zero-order valence-electron chi connectivity index (χ0n) is 16.7. The maximum absolute atomic E-state index is 13.1. The van der Waals surface area contributed by atoms with Crippen LogP contribution in [0, 0.1) is 0 Å². The summed E-state index contributed by atoms with van der Waals surface area (Å²) in [5.74, 6) is -0.259. The number of morpholine rings is 1. The predicted molar refractivity (Wildman–Crippen MR) is 112 cm³/mol. The summed E-state index contributed by atoms with van der Waals surface area (Å²) in [6, 6.07) is 13.5. The second-order valence-electron chi connectivity index (χ2n) is 7.40. The number of rotatable bonds is 5. The quantitative estimate of drug-likeness (QED) is 0.720. The molecule has 1 aliphatic heterocycles. The third-order valence-electron chi connectivity index (χ3n) is 4.76. The van der Waals surface area contributed by atoms with Crippen LogP contribution in [0.25, 0.3) is 0 Å². The molecule has 0 N–H and O–H groups in total. The van der Waals surface area contributed by atoms with Gasteiger partial charge in [-0.3, -0.25) is 4.79 Å². The molecule has 1 saturated heterocycles. The third-order valence-corrected chi connectivity index (χ3v) is 6.82. The van der Waals surface area contributed by atoms with Crippen molar-refractivity contribution in [2.75, 3.05) is 20.1 Å². The number of carbonyl (C=O) groups excluding carboxylic acids is 1. The van der Waals surface area contributed by atoms with Gasteiger partial charge in [-0.1, -0.05) is 29.8 Å². The van der Waals surface area contributed by atoms with Gasteiger partial charge in [-0.25, -0.2) is 8.42 Å². The summed E-state index contributed by atoms with van der Waals surface area (Å²) in [5, 5.41) is 0.602. The molecule has 1 amide bonds. The number of benzene rings is 2. The van der Waals surface area contributed by atoms with Crippen LogP contribution in [0.2, 0.25) is 5.02 Å². The lowest BCUT2D eigenvalue weighted by atomic mass is 10.1. The van der Waals surface area contributed by atoms with E-state index in [0.29, 0.717) is 30.2 Å². The van der Waals surface area contributed by atoms with Gasteiger partial charge < -0.3 is 9.64 Å². The largest absolute Gasteiger partial charge is 0.373 e. The maximum atomic E-state index is 13.1. The fourth-order valence-corrected chi connectivity index (χ4v) is 5.32. The molecule has 1 fully saturated rings.